The van der Waals surface area contributed by atoms with E-state index >= 15 is 0 Å². The number of rotatable bonds is 7. The molecule has 0 atom stereocenters. The van der Waals surface area contributed by atoms with E-state index in [2.05, 4.69) is 15.6 Å². The second-order valence-corrected chi connectivity index (χ2v) is 4.45. The molecule has 1 heterocycles. The Morgan fingerprint density at radius 1 is 1.33 bits per heavy atom. The molecule has 0 aliphatic carbocycles. The van der Waals surface area contributed by atoms with Gasteiger partial charge in [0.05, 0.1) is 11.8 Å². The fourth-order valence-corrected chi connectivity index (χ4v) is 1.58. The summed E-state index contributed by atoms with van der Waals surface area (Å²) in [5.74, 6) is -1.12. The highest BCUT2D eigenvalue weighted by atomic mass is 19.4. The van der Waals surface area contributed by atoms with E-state index in [4.69, 9.17) is 0 Å². The molecule has 0 aliphatic heterocycles. The van der Waals surface area contributed by atoms with E-state index in [0.29, 0.717) is 6.54 Å². The normalized spacial score (nSPS) is 11.3. The third-order valence-electron chi connectivity index (χ3n) is 2.56. The number of pyridine rings is 1. The quantitative estimate of drug-likeness (QED) is 0.601. The van der Waals surface area contributed by atoms with Crippen LogP contribution in [0, 0.1) is 5.82 Å². The summed E-state index contributed by atoms with van der Waals surface area (Å²) in [4.78, 5) is 15.6. The lowest BCUT2D eigenvalue weighted by molar-refractivity contribution is -0.135. The molecule has 0 saturated heterocycles. The molecule has 4 nitrogen and oxygen atoms in total. The Bertz CT molecular complexity index is 477. The Kier molecular flexibility index (Phi) is 6.39. The fourth-order valence-electron chi connectivity index (χ4n) is 1.58. The van der Waals surface area contributed by atoms with Crippen molar-refractivity contribution in [3.8, 4) is 0 Å². The van der Waals surface area contributed by atoms with E-state index < -0.39 is 24.3 Å². The molecule has 1 aromatic heterocycles. The number of hydrogen-bond donors (Lipinski definition) is 2. The molecule has 21 heavy (non-hydrogen) atoms. The van der Waals surface area contributed by atoms with E-state index in [1.165, 1.54) is 0 Å². The number of carbonyl (C=O) groups excluding carboxylic acids is 1. The number of aromatic nitrogens is 1. The molecule has 118 valence electrons. The maximum absolute atomic E-state index is 13.2. The van der Waals surface area contributed by atoms with Gasteiger partial charge in [-0.05, 0) is 18.9 Å². The Morgan fingerprint density at radius 2 is 2.05 bits per heavy atom. The average Bonchev–Trinajstić information content (AvgIpc) is 2.41. The molecule has 1 amide bonds. The Hall–Kier alpha value is -1.86. The predicted octanol–water partition coefficient (Wildman–Crippen LogP) is 3.11. The second-order valence-electron chi connectivity index (χ2n) is 4.45. The van der Waals surface area contributed by atoms with Gasteiger partial charge in [0.1, 0.15) is 11.6 Å². The number of anilines is 1. The molecule has 0 fully saturated rings. The maximum atomic E-state index is 13.2. The highest BCUT2D eigenvalue weighted by Gasteiger charge is 2.26. The van der Waals surface area contributed by atoms with Crippen molar-refractivity contribution in [3.63, 3.8) is 0 Å². The third kappa shape index (κ3) is 6.42. The number of nitrogens with one attached hydrogen (secondary N) is 2. The molecule has 2 N–H and O–H groups in total. The van der Waals surface area contributed by atoms with E-state index in [9.17, 15) is 22.4 Å². The van der Waals surface area contributed by atoms with Gasteiger partial charge >= 0.3 is 6.18 Å². The van der Waals surface area contributed by atoms with Gasteiger partial charge in [0.15, 0.2) is 0 Å². The van der Waals surface area contributed by atoms with Gasteiger partial charge in [-0.1, -0.05) is 6.92 Å². The van der Waals surface area contributed by atoms with Gasteiger partial charge in [0, 0.05) is 19.5 Å². The molecule has 8 heteroatoms. The Balaban J connectivity index is 2.61. The van der Waals surface area contributed by atoms with E-state index in [-0.39, 0.29) is 24.3 Å². The molecule has 1 rings (SSSR count). The highest BCUT2D eigenvalue weighted by Crippen LogP contribution is 2.20. The van der Waals surface area contributed by atoms with Crippen molar-refractivity contribution in [2.24, 2.45) is 0 Å². The standard InChI is InChI=1S/C13H17F4N3O/c1-2-5-18-11-10(7-9(14)8-20-11)12(21)19-6-3-4-13(15,16)17/h7-8H,2-6H2,1H3,(H,18,20)(H,19,21). The molecule has 1 aromatic rings. The van der Waals surface area contributed by atoms with Gasteiger partial charge < -0.3 is 10.6 Å². The topological polar surface area (TPSA) is 54.0 Å². The summed E-state index contributed by atoms with van der Waals surface area (Å²) >= 11 is 0. The number of halogens is 4. The van der Waals surface area contributed by atoms with E-state index in [1.807, 2.05) is 6.92 Å². The van der Waals surface area contributed by atoms with Crippen molar-refractivity contribution < 1.29 is 22.4 Å². The van der Waals surface area contributed by atoms with Gasteiger partial charge in [0.2, 0.25) is 0 Å². The first-order valence-corrected chi connectivity index (χ1v) is 6.58. The first-order valence-electron chi connectivity index (χ1n) is 6.58. The van der Waals surface area contributed by atoms with Gasteiger partial charge in [-0.25, -0.2) is 9.37 Å². The lowest BCUT2D eigenvalue weighted by atomic mass is 10.2. The summed E-state index contributed by atoms with van der Waals surface area (Å²) in [6.07, 6.45) is -3.70. The lowest BCUT2D eigenvalue weighted by Gasteiger charge is -2.11. The summed E-state index contributed by atoms with van der Waals surface area (Å²) in [6, 6.07) is 1.00. The van der Waals surface area contributed by atoms with Crippen LogP contribution in [0.5, 0.6) is 0 Å². The number of hydrogen-bond acceptors (Lipinski definition) is 3. The van der Waals surface area contributed by atoms with Crippen LogP contribution in [0.25, 0.3) is 0 Å². The van der Waals surface area contributed by atoms with Crippen molar-refractivity contribution in [1.82, 2.24) is 10.3 Å². The number of carbonyl (C=O) groups is 1. The van der Waals surface area contributed by atoms with E-state index in [1.54, 1.807) is 0 Å². The summed E-state index contributed by atoms with van der Waals surface area (Å²) < 4.78 is 49.1. The molecule has 0 spiro atoms. The van der Waals surface area contributed by atoms with Crippen molar-refractivity contribution in [2.45, 2.75) is 32.4 Å². The largest absolute Gasteiger partial charge is 0.389 e. The zero-order valence-corrected chi connectivity index (χ0v) is 11.6. The minimum Gasteiger partial charge on any atom is -0.369 e. The number of nitrogens with zero attached hydrogens (tertiary/aromatic N) is 1. The Morgan fingerprint density at radius 3 is 2.67 bits per heavy atom. The van der Waals surface area contributed by atoms with Crippen LogP contribution in [-0.4, -0.2) is 30.2 Å². The highest BCUT2D eigenvalue weighted by molar-refractivity contribution is 5.98. The molecule has 0 bridgehead atoms. The van der Waals surface area contributed by atoms with Gasteiger partial charge in [-0.3, -0.25) is 4.79 Å². The Labute approximate surface area is 119 Å². The molecule has 0 unspecified atom stereocenters. The summed E-state index contributed by atoms with van der Waals surface area (Å²) in [6.45, 7) is 2.32. The van der Waals surface area contributed by atoms with Gasteiger partial charge in [-0.2, -0.15) is 13.2 Å². The maximum Gasteiger partial charge on any atom is 0.389 e. The predicted molar refractivity (Wildman–Crippen MR) is 70.6 cm³/mol. The first-order chi connectivity index (χ1) is 9.83. The smallest absolute Gasteiger partial charge is 0.369 e. The monoisotopic (exact) mass is 307 g/mol. The van der Waals surface area contributed by atoms with Crippen LogP contribution in [0.1, 0.15) is 36.5 Å². The second kappa shape index (κ2) is 7.80. The molecule has 0 aromatic carbocycles. The first kappa shape index (κ1) is 17.2. The third-order valence-corrected chi connectivity index (χ3v) is 2.56. The molecule has 0 radical (unpaired) electrons. The molecule has 0 aliphatic rings. The van der Waals surface area contributed by atoms with Gasteiger partial charge in [-0.15, -0.1) is 0 Å². The van der Waals surface area contributed by atoms with Crippen LogP contribution in [0.15, 0.2) is 12.3 Å². The zero-order chi connectivity index (χ0) is 15.9. The average molecular weight is 307 g/mol. The SMILES string of the molecule is CCCNc1ncc(F)cc1C(=O)NCCCC(F)(F)F. The molecular weight excluding hydrogens is 290 g/mol. The van der Waals surface area contributed by atoms with Crippen molar-refractivity contribution in [2.75, 3.05) is 18.4 Å². The molecule has 0 saturated carbocycles. The minimum absolute atomic E-state index is 0.0181. The van der Waals surface area contributed by atoms with E-state index in [0.717, 1.165) is 18.7 Å². The molecular formula is C13H17F4N3O. The number of alkyl halides is 3. The summed E-state index contributed by atoms with van der Waals surface area (Å²) in [5.41, 5.74) is -0.0181. The van der Waals surface area contributed by atoms with Crippen LogP contribution in [0.3, 0.4) is 0 Å². The minimum atomic E-state index is -4.25. The van der Waals surface area contributed by atoms with Crippen LogP contribution >= 0.6 is 0 Å². The summed E-state index contributed by atoms with van der Waals surface area (Å²) in [5, 5.41) is 5.20. The van der Waals surface area contributed by atoms with Crippen LogP contribution in [0.4, 0.5) is 23.4 Å². The van der Waals surface area contributed by atoms with Crippen molar-refractivity contribution in [3.05, 3.63) is 23.6 Å². The zero-order valence-electron chi connectivity index (χ0n) is 11.6. The van der Waals surface area contributed by atoms with Crippen molar-refractivity contribution in [1.29, 1.82) is 0 Å². The van der Waals surface area contributed by atoms with Crippen LogP contribution in [-0.2, 0) is 0 Å². The lowest BCUT2D eigenvalue weighted by Crippen LogP contribution is -2.27. The van der Waals surface area contributed by atoms with Crippen molar-refractivity contribution >= 4 is 11.7 Å². The van der Waals surface area contributed by atoms with Crippen LogP contribution in [0.2, 0.25) is 0 Å². The van der Waals surface area contributed by atoms with Gasteiger partial charge in [0.25, 0.3) is 5.91 Å². The fraction of sp³-hybridized carbons (Fsp3) is 0.538. The summed E-state index contributed by atoms with van der Waals surface area (Å²) in [7, 11) is 0. The number of amides is 1. The van der Waals surface area contributed by atoms with Crippen LogP contribution < -0.4 is 10.6 Å².